The molecule has 0 aromatic carbocycles. The van der Waals surface area contributed by atoms with Crippen LogP contribution in [-0.4, -0.2) is 96.7 Å². The summed E-state index contributed by atoms with van der Waals surface area (Å²) >= 11 is 0. The average molecular weight is 1510 g/mol. The van der Waals surface area contributed by atoms with Gasteiger partial charge in [0.1, 0.15) is 19.3 Å². The molecule has 17 nitrogen and oxygen atoms in total. The zero-order valence-electron chi connectivity index (χ0n) is 67.6. The molecule has 0 rings (SSSR count). The van der Waals surface area contributed by atoms with Crippen molar-refractivity contribution >= 4 is 39.5 Å². The van der Waals surface area contributed by atoms with Gasteiger partial charge in [-0.15, -0.1) is 0 Å². The quantitative estimate of drug-likeness (QED) is 0.0222. The lowest BCUT2D eigenvalue weighted by atomic mass is 10.0. The molecule has 0 spiro atoms. The van der Waals surface area contributed by atoms with E-state index in [1.165, 1.54) is 257 Å². The fourth-order valence-electron chi connectivity index (χ4n) is 13.1. The fourth-order valence-corrected chi connectivity index (χ4v) is 14.6. The highest BCUT2D eigenvalue weighted by atomic mass is 31.2. The third-order valence-electron chi connectivity index (χ3n) is 19.7. The van der Waals surface area contributed by atoms with Crippen molar-refractivity contribution in [2.75, 3.05) is 39.6 Å². The minimum atomic E-state index is -4.96. The minimum Gasteiger partial charge on any atom is -0.462 e. The number of carbonyl (C=O) groups is 4. The third kappa shape index (κ3) is 78.0. The minimum absolute atomic E-state index is 0.107. The molecule has 103 heavy (non-hydrogen) atoms. The van der Waals surface area contributed by atoms with Gasteiger partial charge in [0.05, 0.1) is 26.4 Å². The van der Waals surface area contributed by atoms with Gasteiger partial charge in [-0.3, -0.25) is 37.3 Å². The van der Waals surface area contributed by atoms with Crippen molar-refractivity contribution in [3.8, 4) is 0 Å². The monoisotopic (exact) mass is 1510 g/mol. The first kappa shape index (κ1) is 101. The summed E-state index contributed by atoms with van der Waals surface area (Å²) in [6.07, 6.45) is 67.2. The van der Waals surface area contributed by atoms with Crippen LogP contribution in [-0.2, 0) is 65.4 Å². The molecule has 0 aliphatic rings. The Balaban J connectivity index is 5.10. The van der Waals surface area contributed by atoms with Gasteiger partial charge in [0.15, 0.2) is 12.2 Å². The van der Waals surface area contributed by atoms with E-state index >= 15 is 0 Å². The first-order chi connectivity index (χ1) is 49.9. The lowest BCUT2D eigenvalue weighted by molar-refractivity contribution is -0.161. The molecule has 0 bridgehead atoms. The van der Waals surface area contributed by atoms with E-state index in [1.54, 1.807) is 0 Å². The second kappa shape index (κ2) is 75.5. The molecule has 612 valence electrons. The van der Waals surface area contributed by atoms with Crippen LogP contribution in [0.5, 0.6) is 0 Å². The third-order valence-corrected chi connectivity index (χ3v) is 21.6. The molecule has 0 saturated carbocycles. The summed E-state index contributed by atoms with van der Waals surface area (Å²) in [5.41, 5.74) is 0. The second-order valence-electron chi connectivity index (χ2n) is 31.2. The van der Waals surface area contributed by atoms with Crippen LogP contribution in [0.3, 0.4) is 0 Å². The Morgan fingerprint density at radius 1 is 0.262 bits per heavy atom. The van der Waals surface area contributed by atoms with Crippen LogP contribution in [0.4, 0.5) is 0 Å². The summed E-state index contributed by atoms with van der Waals surface area (Å²) < 4.78 is 68.6. The number of unbranched alkanes of at least 4 members (excludes halogenated alkanes) is 53. The van der Waals surface area contributed by atoms with Gasteiger partial charge in [0.2, 0.25) is 0 Å². The zero-order chi connectivity index (χ0) is 75.6. The van der Waals surface area contributed by atoms with Crippen molar-refractivity contribution < 1.29 is 80.2 Å². The van der Waals surface area contributed by atoms with Gasteiger partial charge >= 0.3 is 39.5 Å². The summed E-state index contributed by atoms with van der Waals surface area (Å²) in [4.78, 5) is 72.8. The van der Waals surface area contributed by atoms with Crippen LogP contribution < -0.4 is 0 Å². The van der Waals surface area contributed by atoms with E-state index in [1.807, 2.05) is 0 Å². The molecule has 2 unspecified atom stereocenters. The second-order valence-corrected chi connectivity index (χ2v) is 34.1. The lowest BCUT2D eigenvalue weighted by Crippen LogP contribution is -2.30. The molecule has 0 radical (unpaired) electrons. The Morgan fingerprint density at radius 3 is 0.660 bits per heavy atom. The van der Waals surface area contributed by atoms with Gasteiger partial charge in [0.25, 0.3) is 0 Å². The van der Waals surface area contributed by atoms with E-state index in [4.69, 9.17) is 37.0 Å². The Bertz CT molecular complexity index is 1980. The van der Waals surface area contributed by atoms with Crippen LogP contribution in [0, 0.1) is 11.8 Å². The van der Waals surface area contributed by atoms with E-state index < -0.39 is 97.5 Å². The maximum absolute atomic E-state index is 13.1. The molecular formula is C84H164O17P2. The summed E-state index contributed by atoms with van der Waals surface area (Å²) in [5, 5.41) is 10.6. The highest BCUT2D eigenvalue weighted by Crippen LogP contribution is 2.45. The highest BCUT2D eigenvalue weighted by molar-refractivity contribution is 7.47. The van der Waals surface area contributed by atoms with Crippen LogP contribution in [0.15, 0.2) is 0 Å². The van der Waals surface area contributed by atoms with E-state index in [9.17, 15) is 43.2 Å². The van der Waals surface area contributed by atoms with Crippen LogP contribution in [0.25, 0.3) is 0 Å². The molecule has 3 N–H and O–H groups in total. The van der Waals surface area contributed by atoms with Crippen molar-refractivity contribution in [1.82, 2.24) is 0 Å². The Labute approximate surface area is 632 Å². The van der Waals surface area contributed by atoms with E-state index in [2.05, 4.69) is 41.5 Å². The maximum atomic E-state index is 13.1. The predicted octanol–water partition coefficient (Wildman–Crippen LogP) is 25.5. The summed E-state index contributed by atoms with van der Waals surface area (Å²) in [6.45, 7) is 9.62. The van der Waals surface area contributed by atoms with Crippen molar-refractivity contribution in [2.24, 2.45) is 11.8 Å². The topological polar surface area (TPSA) is 237 Å². The Hall–Kier alpha value is -1.94. The molecule has 0 heterocycles. The van der Waals surface area contributed by atoms with Crippen LogP contribution in [0.1, 0.15) is 446 Å². The number of carbonyl (C=O) groups excluding carboxylic acids is 4. The van der Waals surface area contributed by atoms with Crippen LogP contribution in [0.2, 0.25) is 0 Å². The lowest BCUT2D eigenvalue weighted by Gasteiger charge is -2.21. The number of hydrogen-bond acceptors (Lipinski definition) is 15. The summed E-state index contributed by atoms with van der Waals surface area (Å²) in [7, 11) is -9.91. The largest absolute Gasteiger partial charge is 0.472 e. The molecule has 19 heteroatoms. The number of ether oxygens (including phenoxy) is 4. The number of aliphatic hydroxyl groups excluding tert-OH is 1. The van der Waals surface area contributed by atoms with Gasteiger partial charge in [-0.25, -0.2) is 9.13 Å². The normalized spacial score (nSPS) is 13.9. The highest BCUT2D eigenvalue weighted by Gasteiger charge is 2.30. The molecule has 0 aromatic rings. The van der Waals surface area contributed by atoms with Gasteiger partial charge in [-0.2, -0.15) is 0 Å². The fraction of sp³-hybridized carbons (Fsp3) is 0.952. The Kier molecular flexibility index (Phi) is 74.1. The molecule has 5 atom stereocenters. The van der Waals surface area contributed by atoms with Gasteiger partial charge in [0, 0.05) is 25.7 Å². The van der Waals surface area contributed by atoms with Crippen molar-refractivity contribution in [2.45, 2.75) is 464 Å². The van der Waals surface area contributed by atoms with E-state index in [-0.39, 0.29) is 25.7 Å². The van der Waals surface area contributed by atoms with Crippen molar-refractivity contribution in [3.63, 3.8) is 0 Å². The predicted molar refractivity (Wildman–Crippen MR) is 423 cm³/mol. The average Bonchev–Trinajstić information content (AvgIpc) is 0.914. The molecule has 0 aromatic heterocycles. The maximum Gasteiger partial charge on any atom is 0.472 e. The number of aliphatic hydroxyl groups is 1. The van der Waals surface area contributed by atoms with Crippen molar-refractivity contribution in [1.29, 1.82) is 0 Å². The molecule has 0 fully saturated rings. The van der Waals surface area contributed by atoms with E-state index in [0.29, 0.717) is 25.7 Å². The molecular weight excluding hydrogens is 1340 g/mol. The summed E-state index contributed by atoms with van der Waals surface area (Å²) in [5.74, 6) is -0.501. The first-order valence-corrected chi connectivity index (χ1v) is 46.5. The molecule has 0 aliphatic carbocycles. The smallest absolute Gasteiger partial charge is 0.462 e. The van der Waals surface area contributed by atoms with Crippen LogP contribution >= 0.6 is 15.6 Å². The first-order valence-electron chi connectivity index (χ1n) is 43.5. The van der Waals surface area contributed by atoms with Gasteiger partial charge in [-0.05, 0) is 37.5 Å². The summed E-state index contributed by atoms with van der Waals surface area (Å²) in [6, 6.07) is 0. The number of esters is 4. The Morgan fingerprint density at radius 2 is 0.447 bits per heavy atom. The number of hydrogen-bond donors (Lipinski definition) is 3. The van der Waals surface area contributed by atoms with Gasteiger partial charge in [-0.1, -0.05) is 395 Å². The standard InChI is InChI=1S/C84H164O17P2/c1-7-9-11-13-14-15-16-17-18-19-20-21-22-23-30-35-40-45-50-56-63-69-84(89)101-80(73-95-82(87)67-61-55-49-44-39-34-29-25-24-27-32-37-42-47-53-58-64-76(3)4)75-99-103(92,93)97-71-78(85)70-96-102(90,91)98-74-79(72-94-81(86)66-60-52-12-10-8-2)100-83(88)68-62-57-51-46-41-36-31-26-28-33-38-43-48-54-59-65-77(5)6/h76-80,85H,7-75H2,1-6H3,(H,90,91)(H,92,93)/t78-,79+,80+/m0/s1. The molecule has 0 aliphatic heterocycles. The SMILES string of the molecule is CCCCCCCCCCCCCCCCCCCCCCCC(=O)O[C@H](COC(=O)CCCCCCCCCCCCCCCCCCC(C)C)COP(=O)(O)OC[C@@H](O)COP(=O)(O)OC[C@@H](COC(=O)CCCCCCC)OC(=O)CCCCCCCCCCCCCCCCCC(C)C. The number of rotatable bonds is 83. The number of phosphoric ester groups is 2. The van der Waals surface area contributed by atoms with Gasteiger partial charge < -0.3 is 33.8 Å². The van der Waals surface area contributed by atoms with Crippen molar-refractivity contribution in [3.05, 3.63) is 0 Å². The zero-order valence-corrected chi connectivity index (χ0v) is 69.4. The van der Waals surface area contributed by atoms with E-state index in [0.717, 1.165) is 108 Å². The molecule has 0 amide bonds. The molecule has 0 saturated heterocycles. The number of phosphoric acid groups is 2.